The van der Waals surface area contributed by atoms with E-state index in [0.717, 1.165) is 16.9 Å². The maximum Gasteiger partial charge on any atom is 0.338 e. The predicted octanol–water partition coefficient (Wildman–Crippen LogP) is 4.57. The third kappa shape index (κ3) is 6.31. The van der Waals surface area contributed by atoms with Crippen LogP contribution in [0.4, 0.5) is 0 Å². The molecular weight excluding hydrogens is 552 g/mol. The van der Waals surface area contributed by atoms with Crippen molar-refractivity contribution < 1.29 is 23.7 Å². The van der Waals surface area contributed by atoms with E-state index in [-0.39, 0.29) is 12.2 Å². The molecule has 5 rings (SSSR count). The van der Waals surface area contributed by atoms with Crippen molar-refractivity contribution in [3.63, 3.8) is 0 Å². The summed E-state index contributed by atoms with van der Waals surface area (Å²) in [5.74, 6) is 1.64. The van der Waals surface area contributed by atoms with Crippen LogP contribution in [-0.4, -0.2) is 37.5 Å². The number of ether oxygens (including phenoxy) is 4. The molecular formula is C33H32N2O6S. The number of benzene rings is 3. The van der Waals surface area contributed by atoms with E-state index >= 15 is 0 Å². The van der Waals surface area contributed by atoms with Gasteiger partial charge in [-0.05, 0) is 74.4 Å². The second-order valence-electron chi connectivity index (χ2n) is 9.66. The Morgan fingerprint density at radius 1 is 0.952 bits per heavy atom. The van der Waals surface area contributed by atoms with Gasteiger partial charge in [-0.3, -0.25) is 9.36 Å². The molecule has 9 heteroatoms. The SMILES string of the molecule is CCOC(=O)C1=C(C)N=c2s/c(=C\c3cccc(OCCOc4ccc(C)cc4)c3)c(=O)n2[C@@H]1c1ccc(OC)cc1. The molecule has 0 spiro atoms. The molecule has 0 bridgehead atoms. The molecule has 4 aromatic rings. The molecule has 0 saturated carbocycles. The van der Waals surface area contributed by atoms with Crippen LogP contribution in [0, 0.1) is 6.92 Å². The Morgan fingerprint density at radius 2 is 1.64 bits per heavy atom. The number of carbonyl (C=O) groups is 1. The van der Waals surface area contributed by atoms with Gasteiger partial charge in [0.2, 0.25) is 0 Å². The average molecular weight is 585 g/mol. The van der Waals surface area contributed by atoms with Gasteiger partial charge in [-0.25, -0.2) is 9.79 Å². The van der Waals surface area contributed by atoms with Gasteiger partial charge in [-0.1, -0.05) is 53.3 Å². The lowest BCUT2D eigenvalue weighted by atomic mass is 9.96. The van der Waals surface area contributed by atoms with E-state index < -0.39 is 12.0 Å². The number of aryl methyl sites for hydroxylation is 1. The second-order valence-corrected chi connectivity index (χ2v) is 10.7. The van der Waals surface area contributed by atoms with E-state index in [1.54, 1.807) is 37.7 Å². The third-order valence-corrected chi connectivity index (χ3v) is 7.73. The molecule has 0 fully saturated rings. The fraction of sp³-hybridized carbons (Fsp3) is 0.242. The van der Waals surface area contributed by atoms with Gasteiger partial charge in [0.15, 0.2) is 4.80 Å². The lowest BCUT2D eigenvalue weighted by Crippen LogP contribution is -2.39. The highest BCUT2D eigenvalue weighted by molar-refractivity contribution is 7.07. The Kier molecular flexibility index (Phi) is 8.88. The largest absolute Gasteiger partial charge is 0.497 e. The smallest absolute Gasteiger partial charge is 0.338 e. The summed E-state index contributed by atoms with van der Waals surface area (Å²) in [5.41, 5.74) is 3.35. The highest BCUT2D eigenvalue weighted by atomic mass is 32.1. The van der Waals surface area contributed by atoms with Gasteiger partial charge in [0.1, 0.15) is 30.5 Å². The molecule has 0 saturated heterocycles. The number of fused-ring (bicyclic) bond motifs is 1. The minimum atomic E-state index is -0.684. The average Bonchev–Trinajstić information content (AvgIpc) is 3.29. The predicted molar refractivity (Wildman–Crippen MR) is 162 cm³/mol. The van der Waals surface area contributed by atoms with Crippen LogP contribution in [-0.2, 0) is 9.53 Å². The third-order valence-electron chi connectivity index (χ3n) is 6.75. The quantitative estimate of drug-likeness (QED) is 0.200. The first-order valence-electron chi connectivity index (χ1n) is 13.6. The highest BCUT2D eigenvalue weighted by Crippen LogP contribution is 2.31. The van der Waals surface area contributed by atoms with E-state index in [0.29, 0.717) is 45.3 Å². The molecule has 8 nitrogen and oxygen atoms in total. The lowest BCUT2D eigenvalue weighted by molar-refractivity contribution is -0.139. The van der Waals surface area contributed by atoms with E-state index in [2.05, 4.69) is 4.99 Å². The second kappa shape index (κ2) is 12.9. The van der Waals surface area contributed by atoms with Crippen molar-refractivity contribution in [2.75, 3.05) is 26.9 Å². The summed E-state index contributed by atoms with van der Waals surface area (Å²) in [5, 5.41) is 0. The van der Waals surface area contributed by atoms with Crippen LogP contribution < -0.4 is 29.1 Å². The van der Waals surface area contributed by atoms with Crippen LogP contribution in [0.15, 0.2) is 93.9 Å². The number of methoxy groups -OCH3 is 1. The molecule has 2 heterocycles. The Labute approximate surface area is 247 Å². The first-order valence-corrected chi connectivity index (χ1v) is 14.5. The molecule has 0 amide bonds. The van der Waals surface area contributed by atoms with E-state index in [9.17, 15) is 9.59 Å². The van der Waals surface area contributed by atoms with Gasteiger partial charge in [0, 0.05) is 0 Å². The zero-order valence-corrected chi connectivity index (χ0v) is 24.8. The molecule has 0 aliphatic carbocycles. The van der Waals surface area contributed by atoms with Crippen molar-refractivity contribution in [3.8, 4) is 17.2 Å². The normalized spacial score (nSPS) is 14.7. The molecule has 0 N–H and O–H groups in total. The highest BCUT2D eigenvalue weighted by Gasteiger charge is 2.33. The number of hydrogen-bond acceptors (Lipinski definition) is 8. The monoisotopic (exact) mass is 584 g/mol. The zero-order valence-electron chi connectivity index (χ0n) is 24.0. The number of rotatable bonds is 10. The number of hydrogen-bond donors (Lipinski definition) is 0. The number of esters is 1. The zero-order chi connectivity index (χ0) is 29.6. The van der Waals surface area contributed by atoms with Gasteiger partial charge < -0.3 is 18.9 Å². The van der Waals surface area contributed by atoms with Crippen molar-refractivity contribution in [2.24, 2.45) is 4.99 Å². The minimum Gasteiger partial charge on any atom is -0.497 e. The summed E-state index contributed by atoms with van der Waals surface area (Å²) >= 11 is 1.28. The van der Waals surface area contributed by atoms with Crippen molar-refractivity contribution in [1.82, 2.24) is 4.57 Å². The molecule has 3 aromatic carbocycles. The van der Waals surface area contributed by atoms with Gasteiger partial charge in [-0.15, -0.1) is 0 Å². The first kappa shape index (κ1) is 28.9. The molecule has 0 radical (unpaired) electrons. The van der Waals surface area contributed by atoms with Crippen molar-refractivity contribution in [2.45, 2.75) is 26.8 Å². The van der Waals surface area contributed by atoms with Crippen LogP contribution in [0.5, 0.6) is 17.2 Å². The number of carbonyl (C=O) groups excluding carboxylic acids is 1. The van der Waals surface area contributed by atoms with E-state index in [1.165, 1.54) is 16.9 Å². The van der Waals surface area contributed by atoms with Crippen LogP contribution in [0.1, 0.15) is 36.6 Å². The van der Waals surface area contributed by atoms with Gasteiger partial charge >= 0.3 is 5.97 Å². The summed E-state index contributed by atoms with van der Waals surface area (Å²) in [4.78, 5) is 32.1. The molecule has 1 aliphatic heterocycles. The molecule has 0 unspecified atom stereocenters. The van der Waals surface area contributed by atoms with Crippen molar-refractivity contribution in [1.29, 1.82) is 0 Å². The van der Waals surface area contributed by atoms with Crippen molar-refractivity contribution >= 4 is 23.4 Å². The summed E-state index contributed by atoms with van der Waals surface area (Å²) in [6, 6.07) is 22.0. The van der Waals surface area contributed by atoms with Crippen LogP contribution in [0.25, 0.3) is 6.08 Å². The molecule has 1 aromatic heterocycles. The minimum absolute atomic E-state index is 0.214. The first-order chi connectivity index (χ1) is 20.4. The summed E-state index contributed by atoms with van der Waals surface area (Å²) in [6.07, 6.45) is 1.81. The fourth-order valence-corrected chi connectivity index (χ4v) is 5.74. The number of allylic oxidation sites excluding steroid dienone is 1. The number of thiazole rings is 1. The molecule has 1 aliphatic rings. The molecule has 1 atom stereocenters. The Hall–Kier alpha value is -4.63. The Morgan fingerprint density at radius 3 is 2.33 bits per heavy atom. The molecule has 42 heavy (non-hydrogen) atoms. The Balaban J connectivity index is 1.43. The van der Waals surface area contributed by atoms with E-state index in [1.807, 2.05) is 73.7 Å². The Bertz CT molecular complexity index is 1790. The summed E-state index contributed by atoms with van der Waals surface area (Å²) in [6.45, 7) is 6.54. The topological polar surface area (TPSA) is 88.4 Å². The standard InChI is InChI=1S/C33H32N2O6S/c1-5-39-32(37)29-22(3)34-33-35(30(29)24-11-15-25(38-4)16-12-24)31(36)28(42-33)20-23-7-6-8-27(19-23)41-18-17-40-26-13-9-21(2)10-14-26/h6-16,19-20,30H,5,17-18H2,1-4H3/b28-20-/t30-/m1/s1. The van der Waals surface area contributed by atoms with Crippen LogP contribution in [0.3, 0.4) is 0 Å². The van der Waals surface area contributed by atoms with Gasteiger partial charge in [0.25, 0.3) is 5.56 Å². The van der Waals surface area contributed by atoms with Crippen LogP contribution >= 0.6 is 11.3 Å². The maximum absolute atomic E-state index is 13.8. The maximum atomic E-state index is 13.8. The van der Waals surface area contributed by atoms with E-state index in [4.69, 9.17) is 18.9 Å². The van der Waals surface area contributed by atoms with Gasteiger partial charge in [0.05, 0.1) is 35.6 Å². The lowest BCUT2D eigenvalue weighted by Gasteiger charge is -2.24. The summed E-state index contributed by atoms with van der Waals surface area (Å²) < 4.78 is 24.4. The van der Waals surface area contributed by atoms with Gasteiger partial charge in [-0.2, -0.15) is 0 Å². The number of aromatic nitrogens is 1. The summed E-state index contributed by atoms with van der Waals surface area (Å²) in [7, 11) is 1.59. The van der Waals surface area contributed by atoms with Crippen LogP contribution in [0.2, 0.25) is 0 Å². The number of nitrogens with zero attached hydrogens (tertiary/aromatic N) is 2. The van der Waals surface area contributed by atoms with Crippen molar-refractivity contribution in [3.05, 3.63) is 120 Å². The fourth-order valence-electron chi connectivity index (χ4n) is 4.69. The molecule has 216 valence electrons.